The van der Waals surface area contributed by atoms with Gasteiger partial charge in [0, 0.05) is 23.5 Å². The molecule has 3 amide bonds. The minimum absolute atomic E-state index is 0.0653. The van der Waals surface area contributed by atoms with Crippen LogP contribution in [0.5, 0.6) is 0 Å². The summed E-state index contributed by atoms with van der Waals surface area (Å²) in [5, 5.41) is 19.3. The molecule has 1 aromatic heterocycles. The Morgan fingerprint density at radius 1 is 0.956 bits per heavy atom. The van der Waals surface area contributed by atoms with E-state index in [1.165, 1.54) is 0 Å². The number of aromatic nitrogens is 3. The average Bonchev–Trinajstić information content (AvgIpc) is 3.58. The Balaban J connectivity index is 1.34. The molecule has 0 bridgehead atoms. The van der Waals surface area contributed by atoms with Crippen molar-refractivity contribution in [3.63, 3.8) is 0 Å². The van der Waals surface area contributed by atoms with Crippen molar-refractivity contribution < 1.29 is 19.5 Å². The number of hydrogen-bond acceptors (Lipinski definition) is 7. The summed E-state index contributed by atoms with van der Waals surface area (Å²) in [5.41, 5.74) is 2.31. The number of thioether (sulfide) groups is 1. The number of anilines is 1. The van der Waals surface area contributed by atoms with Gasteiger partial charge in [0.15, 0.2) is 0 Å². The maximum absolute atomic E-state index is 14.9. The topological polar surface area (TPSA) is 112 Å². The second kappa shape index (κ2) is 11.1. The van der Waals surface area contributed by atoms with E-state index in [1.54, 1.807) is 31.1 Å². The summed E-state index contributed by atoms with van der Waals surface area (Å²) in [7, 11) is 0. The number of benzene rings is 2. The Kier molecular flexibility index (Phi) is 7.36. The molecule has 4 aliphatic heterocycles. The van der Waals surface area contributed by atoms with E-state index < -0.39 is 33.4 Å². The van der Waals surface area contributed by atoms with Gasteiger partial charge in [-0.2, -0.15) is 0 Å². The molecule has 1 unspecified atom stereocenters. The number of aliphatic hydroxyl groups is 1. The Labute approximate surface area is 266 Å². The van der Waals surface area contributed by atoms with Crippen molar-refractivity contribution in [2.45, 2.75) is 55.4 Å². The van der Waals surface area contributed by atoms with E-state index in [1.807, 2.05) is 93.6 Å². The summed E-state index contributed by atoms with van der Waals surface area (Å²) in [6.45, 7) is 6.63. The highest BCUT2D eigenvalue weighted by atomic mass is 32.2. The van der Waals surface area contributed by atoms with Crippen molar-refractivity contribution in [1.82, 2.24) is 24.8 Å². The van der Waals surface area contributed by atoms with Crippen molar-refractivity contribution in [2.75, 3.05) is 24.6 Å². The third-order valence-electron chi connectivity index (χ3n) is 10.2. The van der Waals surface area contributed by atoms with Gasteiger partial charge in [-0.1, -0.05) is 80.1 Å². The largest absolute Gasteiger partial charge is 0.394 e. The van der Waals surface area contributed by atoms with Crippen LogP contribution in [0.2, 0.25) is 0 Å². The zero-order chi connectivity index (χ0) is 31.5. The fraction of sp³-hybridized carbons (Fsp3) is 0.441. The second-order valence-electron chi connectivity index (χ2n) is 12.7. The summed E-state index contributed by atoms with van der Waals surface area (Å²) in [6, 6.07) is 15.6. The van der Waals surface area contributed by atoms with Crippen LogP contribution in [0.3, 0.4) is 0 Å². The van der Waals surface area contributed by atoms with Crippen LogP contribution in [0.25, 0.3) is 11.0 Å². The summed E-state index contributed by atoms with van der Waals surface area (Å²) >= 11 is 1.55. The summed E-state index contributed by atoms with van der Waals surface area (Å²) in [5.74, 6) is -2.16. The lowest BCUT2D eigenvalue weighted by Gasteiger charge is -2.41. The minimum atomic E-state index is -1.01. The van der Waals surface area contributed by atoms with Crippen LogP contribution in [0.1, 0.15) is 27.2 Å². The van der Waals surface area contributed by atoms with E-state index in [2.05, 4.69) is 16.4 Å². The zero-order valence-electron chi connectivity index (χ0n) is 25.7. The van der Waals surface area contributed by atoms with Gasteiger partial charge in [-0.25, -0.2) is 4.68 Å². The Bertz CT molecular complexity index is 1710. The maximum atomic E-state index is 14.9. The summed E-state index contributed by atoms with van der Waals surface area (Å²) in [4.78, 5) is 49.5. The fourth-order valence-electron chi connectivity index (χ4n) is 7.83. The Morgan fingerprint density at radius 3 is 2.44 bits per heavy atom. The zero-order valence-corrected chi connectivity index (χ0v) is 26.5. The first-order chi connectivity index (χ1) is 21.7. The molecule has 5 heterocycles. The van der Waals surface area contributed by atoms with Crippen LogP contribution in [-0.2, 0) is 21.1 Å². The van der Waals surface area contributed by atoms with Crippen LogP contribution in [0, 0.1) is 17.8 Å². The third-order valence-corrected chi connectivity index (χ3v) is 12.0. The molecule has 4 aliphatic rings. The molecule has 10 nitrogen and oxygen atoms in total. The van der Waals surface area contributed by atoms with Crippen LogP contribution in [0.4, 0.5) is 5.69 Å². The molecular formula is C34H38N6O4S. The van der Waals surface area contributed by atoms with Gasteiger partial charge in [0.1, 0.15) is 18.2 Å². The molecule has 45 heavy (non-hydrogen) atoms. The number of rotatable bonds is 7. The summed E-state index contributed by atoms with van der Waals surface area (Å²) < 4.78 is -0.0293. The van der Waals surface area contributed by atoms with Gasteiger partial charge in [0.25, 0.3) is 0 Å². The third kappa shape index (κ3) is 4.46. The monoisotopic (exact) mass is 626 g/mol. The van der Waals surface area contributed by atoms with E-state index in [9.17, 15) is 19.5 Å². The lowest BCUT2D eigenvalue weighted by molar-refractivity contribution is -0.147. The first kappa shape index (κ1) is 29.7. The predicted molar refractivity (Wildman–Crippen MR) is 173 cm³/mol. The van der Waals surface area contributed by atoms with E-state index in [0.29, 0.717) is 13.1 Å². The number of para-hydroxylation sites is 2. The normalized spacial score (nSPS) is 30.7. The highest BCUT2D eigenvalue weighted by molar-refractivity contribution is 8.02. The van der Waals surface area contributed by atoms with Gasteiger partial charge >= 0.3 is 0 Å². The van der Waals surface area contributed by atoms with Gasteiger partial charge < -0.3 is 19.8 Å². The quantitative estimate of drug-likeness (QED) is 0.400. The number of likely N-dealkylation sites (tertiary alicyclic amines) is 1. The van der Waals surface area contributed by atoms with Gasteiger partial charge in [0.05, 0.1) is 34.7 Å². The van der Waals surface area contributed by atoms with Crippen LogP contribution in [0.15, 0.2) is 78.9 Å². The van der Waals surface area contributed by atoms with E-state index in [-0.39, 0.29) is 36.9 Å². The molecule has 0 saturated carbocycles. The van der Waals surface area contributed by atoms with Crippen LogP contribution in [-0.4, -0.2) is 88.9 Å². The molecule has 3 aromatic rings. The first-order valence-electron chi connectivity index (χ1n) is 15.7. The molecule has 7 rings (SSSR count). The van der Waals surface area contributed by atoms with E-state index >= 15 is 0 Å². The highest BCUT2D eigenvalue weighted by Gasteiger charge is 2.74. The number of nitrogens with zero attached hydrogens (tertiary/aromatic N) is 6. The lowest BCUT2D eigenvalue weighted by atomic mass is 9.74. The standard InChI is InChI=1S/C34H38N6O4S/c1-4-22(2)26(20-41)40-29-32(44)37(21-39-25-15-9-8-14-24(25)35-36-39)18-11-17-34(29)28(31(40)43)27-30(42)38(23-12-6-5-7-13-23)19-10-16-33(27,3)45-34/h5-17,22,26-29,41H,4,18-21H2,1-3H3/t22-,26-,27+,28-,29?,33-,34-/m0/s1. The minimum Gasteiger partial charge on any atom is -0.394 e. The fourth-order valence-corrected chi connectivity index (χ4v) is 9.97. The molecular weight excluding hydrogens is 588 g/mol. The smallest absolute Gasteiger partial charge is 0.248 e. The maximum Gasteiger partial charge on any atom is 0.248 e. The van der Waals surface area contributed by atoms with Crippen LogP contribution >= 0.6 is 11.8 Å². The summed E-state index contributed by atoms with van der Waals surface area (Å²) in [6.07, 6.45) is 8.76. The first-order valence-corrected chi connectivity index (χ1v) is 16.5. The van der Waals surface area contributed by atoms with Crippen molar-refractivity contribution in [3.8, 4) is 0 Å². The van der Waals surface area contributed by atoms with Crippen molar-refractivity contribution in [2.24, 2.45) is 17.8 Å². The predicted octanol–water partition coefficient (Wildman–Crippen LogP) is 3.48. The Morgan fingerprint density at radius 2 is 1.69 bits per heavy atom. The molecule has 2 saturated heterocycles. The second-order valence-corrected chi connectivity index (χ2v) is 14.5. The SMILES string of the molecule is CC[C@H](C)[C@H](CO)N1C(=O)[C@@H]2[C@@H]3C(=O)N(c4ccccc4)CC=C[C@]3(C)S[C@@]23C=CCN(Cn2nnc4ccccc42)C(=O)C13. The molecule has 7 atom stereocenters. The van der Waals surface area contributed by atoms with Crippen molar-refractivity contribution in [1.29, 1.82) is 0 Å². The number of amides is 3. The van der Waals surface area contributed by atoms with Crippen molar-refractivity contribution in [3.05, 3.63) is 78.9 Å². The molecule has 234 valence electrons. The van der Waals surface area contributed by atoms with E-state index in [0.717, 1.165) is 23.1 Å². The van der Waals surface area contributed by atoms with Gasteiger partial charge in [-0.3, -0.25) is 14.4 Å². The van der Waals surface area contributed by atoms with Gasteiger partial charge in [0.2, 0.25) is 17.7 Å². The number of fused-ring (bicyclic) bond motifs is 3. The molecule has 1 N–H and O–H groups in total. The van der Waals surface area contributed by atoms with Crippen molar-refractivity contribution >= 4 is 46.2 Å². The number of hydrogen-bond donors (Lipinski definition) is 1. The van der Waals surface area contributed by atoms with Gasteiger partial charge in [-0.15, -0.1) is 16.9 Å². The molecule has 2 aromatic carbocycles. The number of aliphatic hydroxyl groups excluding tert-OH is 1. The molecule has 0 radical (unpaired) electrons. The van der Waals surface area contributed by atoms with Crippen LogP contribution < -0.4 is 4.90 Å². The Hall–Kier alpha value is -3.96. The molecule has 0 aliphatic carbocycles. The lowest BCUT2D eigenvalue weighted by Crippen LogP contribution is -2.58. The molecule has 11 heteroatoms. The molecule has 1 spiro atoms. The number of carbonyl (C=O) groups is 3. The molecule has 2 fully saturated rings. The highest BCUT2D eigenvalue weighted by Crippen LogP contribution is 2.66. The number of carbonyl (C=O) groups excluding carboxylic acids is 3. The van der Waals surface area contributed by atoms with E-state index in [4.69, 9.17) is 0 Å². The average molecular weight is 627 g/mol. The van der Waals surface area contributed by atoms with Gasteiger partial charge in [-0.05, 0) is 37.1 Å².